The minimum absolute atomic E-state index is 0.214. The van der Waals surface area contributed by atoms with Gasteiger partial charge in [0.2, 0.25) is 0 Å². The number of nitrogens with one attached hydrogen (secondary N) is 1. The number of hydrogen-bond acceptors (Lipinski definition) is 5. The van der Waals surface area contributed by atoms with Crippen molar-refractivity contribution in [2.24, 2.45) is 0 Å². The van der Waals surface area contributed by atoms with Crippen LogP contribution >= 0.6 is 11.3 Å². The van der Waals surface area contributed by atoms with Crippen LogP contribution in [0.15, 0.2) is 11.4 Å². The van der Waals surface area contributed by atoms with Crippen molar-refractivity contribution in [2.75, 3.05) is 0 Å². The Bertz CT molecular complexity index is 434. The molecule has 6 heteroatoms. The van der Waals surface area contributed by atoms with E-state index in [2.05, 4.69) is 5.32 Å². The van der Waals surface area contributed by atoms with Crippen LogP contribution < -0.4 is 5.32 Å². The summed E-state index contributed by atoms with van der Waals surface area (Å²) in [6.45, 7) is 0.696. The Hall–Kier alpha value is -0.980. The summed E-state index contributed by atoms with van der Waals surface area (Å²) in [6.07, 6.45) is 4.21. The molecule has 0 amide bonds. The van der Waals surface area contributed by atoms with Gasteiger partial charge >= 0.3 is 5.00 Å². The molecule has 0 aromatic carbocycles. The summed E-state index contributed by atoms with van der Waals surface area (Å²) >= 11 is 1.19. The zero-order valence-electron chi connectivity index (χ0n) is 9.30. The van der Waals surface area contributed by atoms with E-state index in [4.69, 9.17) is 4.74 Å². The highest BCUT2D eigenvalue weighted by Crippen LogP contribution is 2.34. The Balaban J connectivity index is 1.55. The second kappa shape index (κ2) is 4.36. The summed E-state index contributed by atoms with van der Waals surface area (Å²) in [7, 11) is 0. The van der Waals surface area contributed by atoms with Crippen LogP contribution in [0.4, 0.5) is 5.00 Å². The van der Waals surface area contributed by atoms with Crippen molar-refractivity contribution >= 4 is 16.3 Å². The molecule has 1 aromatic rings. The highest BCUT2D eigenvalue weighted by atomic mass is 32.1. The minimum atomic E-state index is -0.338. The first-order chi connectivity index (χ1) is 8.22. The normalized spacial score (nSPS) is 30.9. The molecule has 2 aliphatic rings. The average Bonchev–Trinajstić information content (AvgIpc) is 3.02. The lowest BCUT2D eigenvalue weighted by molar-refractivity contribution is -0.380. The van der Waals surface area contributed by atoms with E-state index in [1.807, 2.05) is 5.38 Å². The molecule has 1 aromatic heterocycles. The number of thiophene rings is 1. The molecule has 3 atom stereocenters. The van der Waals surface area contributed by atoms with Gasteiger partial charge < -0.3 is 10.1 Å². The molecule has 17 heavy (non-hydrogen) atoms. The molecule has 1 N–H and O–H groups in total. The molecule has 2 saturated heterocycles. The number of fused-ring (bicyclic) bond motifs is 2. The van der Waals surface area contributed by atoms with E-state index in [0.29, 0.717) is 24.8 Å². The van der Waals surface area contributed by atoms with Crippen molar-refractivity contribution in [3.05, 3.63) is 27.1 Å². The van der Waals surface area contributed by atoms with E-state index in [1.165, 1.54) is 17.8 Å². The highest BCUT2D eigenvalue weighted by molar-refractivity contribution is 7.13. The highest BCUT2D eigenvalue weighted by Gasteiger charge is 2.40. The second-order valence-electron chi connectivity index (χ2n) is 4.65. The number of nitro groups is 1. The van der Waals surface area contributed by atoms with Crippen molar-refractivity contribution in [3.63, 3.8) is 0 Å². The average molecular weight is 254 g/mol. The predicted molar refractivity (Wildman–Crippen MR) is 64.1 cm³/mol. The largest absolute Gasteiger partial charge is 0.373 e. The summed E-state index contributed by atoms with van der Waals surface area (Å²) < 4.78 is 5.75. The van der Waals surface area contributed by atoms with Crippen LogP contribution in [0.25, 0.3) is 0 Å². The van der Waals surface area contributed by atoms with Gasteiger partial charge in [0.15, 0.2) is 0 Å². The van der Waals surface area contributed by atoms with Crippen molar-refractivity contribution < 1.29 is 9.66 Å². The maximum atomic E-state index is 10.6. The molecule has 3 unspecified atom stereocenters. The van der Waals surface area contributed by atoms with Crippen LogP contribution in [0, 0.1) is 10.1 Å². The standard InChI is InChI=1S/C11H14N2O3S/c14-13(15)11-3-7(6-17-11)5-12-9-4-8-1-2-10(9)16-8/h3,6,8-10,12H,1-2,4-5H2. The van der Waals surface area contributed by atoms with Crippen molar-refractivity contribution in [1.82, 2.24) is 5.32 Å². The molecule has 3 rings (SSSR count). The fraction of sp³-hybridized carbons (Fsp3) is 0.636. The van der Waals surface area contributed by atoms with Gasteiger partial charge in [-0.1, -0.05) is 11.3 Å². The fourth-order valence-electron chi connectivity index (χ4n) is 2.65. The van der Waals surface area contributed by atoms with Gasteiger partial charge in [0.1, 0.15) is 0 Å². The van der Waals surface area contributed by atoms with Crippen LogP contribution in [-0.2, 0) is 11.3 Å². The van der Waals surface area contributed by atoms with Gasteiger partial charge in [0, 0.05) is 24.0 Å². The van der Waals surface area contributed by atoms with E-state index in [9.17, 15) is 10.1 Å². The summed E-state index contributed by atoms with van der Waals surface area (Å²) in [5.74, 6) is 0. The fourth-order valence-corrected chi connectivity index (χ4v) is 3.38. The number of hydrogen-bond donors (Lipinski definition) is 1. The Morgan fingerprint density at radius 1 is 1.59 bits per heavy atom. The van der Waals surface area contributed by atoms with Gasteiger partial charge in [-0.05, 0) is 24.8 Å². The molecule has 0 saturated carbocycles. The summed E-state index contributed by atoms with van der Waals surface area (Å²) in [5, 5.41) is 16.1. The van der Waals surface area contributed by atoms with E-state index in [0.717, 1.165) is 18.4 Å². The van der Waals surface area contributed by atoms with Crippen LogP contribution in [-0.4, -0.2) is 23.2 Å². The SMILES string of the molecule is O=[N+]([O-])c1cc(CNC2CC3CCC2O3)cs1. The molecule has 5 nitrogen and oxygen atoms in total. The summed E-state index contributed by atoms with van der Waals surface area (Å²) in [6, 6.07) is 2.07. The monoisotopic (exact) mass is 254 g/mol. The van der Waals surface area contributed by atoms with Gasteiger partial charge in [-0.25, -0.2) is 0 Å². The first-order valence-electron chi connectivity index (χ1n) is 5.83. The van der Waals surface area contributed by atoms with Crippen molar-refractivity contribution in [3.8, 4) is 0 Å². The number of nitrogens with zero attached hydrogens (tertiary/aromatic N) is 1. The second-order valence-corrected chi connectivity index (χ2v) is 5.54. The van der Waals surface area contributed by atoms with Crippen LogP contribution in [0.1, 0.15) is 24.8 Å². The smallest absolute Gasteiger partial charge is 0.324 e. The molecule has 2 bridgehead atoms. The maximum Gasteiger partial charge on any atom is 0.324 e. The van der Waals surface area contributed by atoms with Crippen LogP contribution in [0.2, 0.25) is 0 Å². The van der Waals surface area contributed by atoms with Gasteiger partial charge in [-0.3, -0.25) is 10.1 Å². The van der Waals surface area contributed by atoms with Crippen molar-refractivity contribution in [1.29, 1.82) is 0 Å². The molecule has 3 heterocycles. The van der Waals surface area contributed by atoms with Gasteiger partial charge in [0.05, 0.1) is 17.1 Å². The summed E-state index contributed by atoms with van der Waals surface area (Å²) in [4.78, 5) is 10.2. The third kappa shape index (κ3) is 2.20. The summed E-state index contributed by atoms with van der Waals surface area (Å²) in [5.41, 5.74) is 0.990. The van der Waals surface area contributed by atoms with E-state index < -0.39 is 0 Å². The third-order valence-corrected chi connectivity index (χ3v) is 4.42. The molecule has 92 valence electrons. The van der Waals surface area contributed by atoms with Gasteiger partial charge in [-0.15, -0.1) is 0 Å². The first kappa shape index (κ1) is 11.1. The number of rotatable bonds is 4. The Morgan fingerprint density at radius 2 is 2.47 bits per heavy atom. The maximum absolute atomic E-state index is 10.6. The first-order valence-corrected chi connectivity index (χ1v) is 6.71. The van der Waals surface area contributed by atoms with Crippen LogP contribution in [0.5, 0.6) is 0 Å². The van der Waals surface area contributed by atoms with Gasteiger partial charge in [0.25, 0.3) is 0 Å². The van der Waals surface area contributed by atoms with E-state index >= 15 is 0 Å². The zero-order chi connectivity index (χ0) is 11.8. The lowest BCUT2D eigenvalue weighted by atomic mass is 9.95. The number of ether oxygens (including phenoxy) is 1. The Kier molecular flexibility index (Phi) is 2.85. The lowest BCUT2D eigenvalue weighted by Gasteiger charge is -2.19. The Morgan fingerprint density at radius 3 is 3.06 bits per heavy atom. The molecular formula is C11H14N2O3S. The minimum Gasteiger partial charge on any atom is -0.373 e. The third-order valence-electron chi connectivity index (χ3n) is 3.49. The van der Waals surface area contributed by atoms with Crippen molar-refractivity contribution in [2.45, 2.75) is 44.1 Å². The molecule has 0 aliphatic carbocycles. The quantitative estimate of drug-likeness (QED) is 0.660. The molecule has 2 aliphatic heterocycles. The molecule has 0 spiro atoms. The molecular weight excluding hydrogens is 240 g/mol. The van der Waals surface area contributed by atoms with E-state index in [-0.39, 0.29) is 9.92 Å². The van der Waals surface area contributed by atoms with E-state index in [1.54, 1.807) is 6.07 Å². The lowest BCUT2D eigenvalue weighted by Crippen LogP contribution is -2.36. The van der Waals surface area contributed by atoms with Gasteiger partial charge in [-0.2, -0.15) is 0 Å². The topological polar surface area (TPSA) is 64.4 Å². The molecule has 0 radical (unpaired) electrons. The predicted octanol–water partition coefficient (Wildman–Crippen LogP) is 2.07. The Labute approximate surface area is 103 Å². The van der Waals surface area contributed by atoms with Crippen LogP contribution in [0.3, 0.4) is 0 Å². The zero-order valence-corrected chi connectivity index (χ0v) is 10.1. The molecule has 2 fully saturated rings.